The number of nitrogens with zero attached hydrogens (tertiary/aromatic N) is 2. The fraction of sp³-hybridized carbons (Fsp3) is 0.650. The van der Waals surface area contributed by atoms with Gasteiger partial charge >= 0.3 is 6.03 Å². The van der Waals surface area contributed by atoms with Gasteiger partial charge in [0.2, 0.25) is 0 Å². The molecule has 1 aromatic rings. The van der Waals surface area contributed by atoms with Gasteiger partial charge in [0.15, 0.2) is 0 Å². The van der Waals surface area contributed by atoms with Crippen molar-refractivity contribution in [1.29, 1.82) is 0 Å². The van der Waals surface area contributed by atoms with Gasteiger partial charge in [0.1, 0.15) is 6.10 Å². The highest BCUT2D eigenvalue weighted by atomic mass is 16.5. The van der Waals surface area contributed by atoms with Crippen LogP contribution in [0.5, 0.6) is 0 Å². The lowest BCUT2D eigenvalue weighted by Gasteiger charge is -2.35. The predicted molar refractivity (Wildman–Crippen MR) is 99.5 cm³/mol. The van der Waals surface area contributed by atoms with E-state index in [1.807, 2.05) is 23.1 Å². The molecule has 0 aliphatic carbocycles. The maximum absolute atomic E-state index is 12.5. The topological polar surface area (TPSA) is 44.8 Å². The van der Waals surface area contributed by atoms with E-state index < -0.39 is 0 Å². The normalized spacial score (nSPS) is 27.9. The number of ether oxygens (including phenoxy) is 1. The SMILES string of the molecule is C[C@@H]1C[C@@H](C)CN(CCNC(=O)N2CCO[C@@H](c3ccccc3)C2)C1. The molecule has 0 spiro atoms. The van der Waals surface area contributed by atoms with Crippen LogP contribution in [-0.4, -0.2) is 61.7 Å². The van der Waals surface area contributed by atoms with E-state index in [0.717, 1.165) is 37.0 Å². The van der Waals surface area contributed by atoms with Crippen molar-refractivity contribution in [2.45, 2.75) is 26.4 Å². The van der Waals surface area contributed by atoms with Crippen molar-refractivity contribution in [2.75, 3.05) is 45.9 Å². The second-order valence-electron chi connectivity index (χ2n) is 7.65. The second kappa shape index (κ2) is 8.68. The molecule has 2 heterocycles. The quantitative estimate of drug-likeness (QED) is 0.913. The van der Waals surface area contributed by atoms with Gasteiger partial charge in [-0.3, -0.25) is 0 Å². The summed E-state index contributed by atoms with van der Waals surface area (Å²) in [6.45, 7) is 10.5. The maximum Gasteiger partial charge on any atom is 0.317 e. The number of benzene rings is 1. The fourth-order valence-corrected chi connectivity index (χ4v) is 4.11. The van der Waals surface area contributed by atoms with Crippen LogP contribution in [0.3, 0.4) is 0 Å². The van der Waals surface area contributed by atoms with E-state index in [0.29, 0.717) is 26.2 Å². The number of morpholine rings is 1. The number of hydrogen-bond acceptors (Lipinski definition) is 3. The van der Waals surface area contributed by atoms with E-state index in [2.05, 4.69) is 36.2 Å². The van der Waals surface area contributed by atoms with E-state index in [1.165, 1.54) is 6.42 Å². The molecule has 2 saturated heterocycles. The molecule has 3 rings (SSSR count). The molecule has 2 amide bonds. The summed E-state index contributed by atoms with van der Waals surface area (Å²) in [6.07, 6.45) is 1.29. The molecule has 1 N–H and O–H groups in total. The van der Waals surface area contributed by atoms with Gasteiger partial charge in [-0.15, -0.1) is 0 Å². The predicted octanol–water partition coefficient (Wildman–Crippen LogP) is 2.75. The summed E-state index contributed by atoms with van der Waals surface area (Å²) in [6, 6.07) is 10.2. The minimum atomic E-state index is -0.0236. The molecule has 3 atom stereocenters. The summed E-state index contributed by atoms with van der Waals surface area (Å²) in [5, 5.41) is 3.09. The number of carbonyl (C=O) groups excluding carboxylic acids is 1. The molecule has 2 aliphatic heterocycles. The Balaban J connectivity index is 1.43. The van der Waals surface area contributed by atoms with Crippen molar-refractivity contribution in [3.8, 4) is 0 Å². The smallest absolute Gasteiger partial charge is 0.317 e. The third-order valence-corrected chi connectivity index (χ3v) is 5.17. The first-order chi connectivity index (χ1) is 12.1. The Morgan fingerprint density at radius 1 is 1.16 bits per heavy atom. The lowest BCUT2D eigenvalue weighted by atomic mass is 9.92. The largest absolute Gasteiger partial charge is 0.370 e. The molecular weight excluding hydrogens is 314 g/mol. The maximum atomic E-state index is 12.5. The Bertz CT molecular complexity index is 541. The Kier molecular flexibility index (Phi) is 6.32. The first-order valence-electron chi connectivity index (χ1n) is 9.53. The zero-order valence-electron chi connectivity index (χ0n) is 15.5. The molecule has 0 unspecified atom stereocenters. The Hall–Kier alpha value is -1.59. The number of amides is 2. The van der Waals surface area contributed by atoms with Crippen LogP contribution in [0.25, 0.3) is 0 Å². The molecule has 0 aromatic heterocycles. The first kappa shape index (κ1) is 18.2. The van der Waals surface area contributed by atoms with Crippen LogP contribution in [0.15, 0.2) is 30.3 Å². The van der Waals surface area contributed by atoms with E-state index in [-0.39, 0.29) is 12.1 Å². The first-order valence-corrected chi connectivity index (χ1v) is 9.53. The molecule has 5 heteroatoms. The van der Waals surface area contributed by atoms with Crippen LogP contribution < -0.4 is 5.32 Å². The van der Waals surface area contributed by atoms with Crippen molar-refractivity contribution in [2.24, 2.45) is 11.8 Å². The molecule has 1 aromatic carbocycles. The second-order valence-corrected chi connectivity index (χ2v) is 7.65. The minimum Gasteiger partial charge on any atom is -0.370 e. The van der Waals surface area contributed by atoms with Crippen molar-refractivity contribution in [1.82, 2.24) is 15.1 Å². The third kappa shape index (κ3) is 5.19. The molecule has 0 bridgehead atoms. The zero-order chi connectivity index (χ0) is 17.6. The summed E-state index contributed by atoms with van der Waals surface area (Å²) in [4.78, 5) is 16.8. The Morgan fingerprint density at radius 2 is 1.88 bits per heavy atom. The standard InChI is InChI=1S/C20H31N3O2/c1-16-12-17(2)14-22(13-16)9-8-21-20(24)23-10-11-25-19(15-23)18-6-4-3-5-7-18/h3-7,16-17,19H,8-15H2,1-2H3,(H,21,24)/t16-,17-,19-/m1/s1. The van der Waals surface area contributed by atoms with Gasteiger partial charge in [0.05, 0.1) is 13.2 Å². The minimum absolute atomic E-state index is 0.0236. The van der Waals surface area contributed by atoms with Gasteiger partial charge in [-0.2, -0.15) is 0 Å². The highest BCUT2D eigenvalue weighted by Gasteiger charge is 2.26. The van der Waals surface area contributed by atoms with Crippen molar-refractivity contribution < 1.29 is 9.53 Å². The average molecular weight is 345 g/mol. The lowest BCUT2D eigenvalue weighted by Crippen LogP contribution is -2.49. The summed E-state index contributed by atoms with van der Waals surface area (Å²) in [5.74, 6) is 1.51. The molecule has 0 radical (unpaired) electrons. The van der Waals surface area contributed by atoms with E-state index in [1.54, 1.807) is 0 Å². The summed E-state index contributed by atoms with van der Waals surface area (Å²) in [7, 11) is 0. The molecule has 5 nitrogen and oxygen atoms in total. The van der Waals surface area contributed by atoms with E-state index >= 15 is 0 Å². The van der Waals surface area contributed by atoms with Crippen molar-refractivity contribution in [3.63, 3.8) is 0 Å². The monoisotopic (exact) mass is 345 g/mol. The van der Waals surface area contributed by atoms with Crippen molar-refractivity contribution >= 4 is 6.03 Å². The lowest BCUT2D eigenvalue weighted by molar-refractivity contribution is -0.0155. The zero-order valence-corrected chi connectivity index (χ0v) is 15.5. The average Bonchev–Trinajstić information content (AvgIpc) is 2.62. The summed E-state index contributed by atoms with van der Waals surface area (Å²) >= 11 is 0. The van der Waals surface area contributed by atoms with E-state index in [9.17, 15) is 4.79 Å². The number of carbonyl (C=O) groups is 1. The summed E-state index contributed by atoms with van der Waals surface area (Å²) in [5.41, 5.74) is 1.14. The molecular formula is C20H31N3O2. The van der Waals surface area contributed by atoms with E-state index in [4.69, 9.17) is 4.74 Å². The summed E-state index contributed by atoms with van der Waals surface area (Å²) < 4.78 is 5.84. The molecule has 25 heavy (non-hydrogen) atoms. The van der Waals surface area contributed by atoms with Gasteiger partial charge in [-0.25, -0.2) is 4.79 Å². The Morgan fingerprint density at radius 3 is 2.60 bits per heavy atom. The number of rotatable bonds is 4. The highest BCUT2D eigenvalue weighted by Crippen LogP contribution is 2.22. The van der Waals surface area contributed by atoms with Gasteiger partial charge < -0.3 is 19.9 Å². The highest BCUT2D eigenvalue weighted by molar-refractivity contribution is 5.74. The third-order valence-electron chi connectivity index (χ3n) is 5.17. The van der Waals surface area contributed by atoms with Gasteiger partial charge in [-0.05, 0) is 23.8 Å². The number of nitrogens with one attached hydrogen (secondary N) is 1. The van der Waals surface area contributed by atoms with Gasteiger partial charge in [0, 0.05) is 32.7 Å². The van der Waals surface area contributed by atoms with Crippen LogP contribution in [0.4, 0.5) is 4.79 Å². The van der Waals surface area contributed by atoms with Crippen LogP contribution in [0.1, 0.15) is 31.9 Å². The molecule has 138 valence electrons. The van der Waals surface area contributed by atoms with Crippen LogP contribution >= 0.6 is 0 Å². The van der Waals surface area contributed by atoms with Gasteiger partial charge in [-0.1, -0.05) is 44.2 Å². The van der Waals surface area contributed by atoms with Gasteiger partial charge in [0.25, 0.3) is 0 Å². The number of urea groups is 1. The van der Waals surface area contributed by atoms with Crippen LogP contribution in [0.2, 0.25) is 0 Å². The molecule has 2 aliphatic rings. The molecule has 2 fully saturated rings. The van der Waals surface area contributed by atoms with Crippen LogP contribution in [-0.2, 0) is 4.74 Å². The number of piperidine rings is 1. The number of hydrogen-bond donors (Lipinski definition) is 1. The molecule has 0 saturated carbocycles. The number of likely N-dealkylation sites (tertiary alicyclic amines) is 1. The fourth-order valence-electron chi connectivity index (χ4n) is 4.11. The Labute approximate surface area is 151 Å². The van der Waals surface area contributed by atoms with Crippen LogP contribution in [0, 0.1) is 11.8 Å². The van der Waals surface area contributed by atoms with Crippen molar-refractivity contribution in [3.05, 3.63) is 35.9 Å².